The van der Waals surface area contributed by atoms with Crippen molar-refractivity contribution in [3.63, 3.8) is 0 Å². The molecule has 0 aromatic heterocycles. The normalized spacial score (nSPS) is 30.4. The Morgan fingerprint density at radius 2 is 1.75 bits per heavy atom. The van der Waals surface area contributed by atoms with Crippen molar-refractivity contribution in [1.29, 1.82) is 0 Å². The minimum atomic E-state index is 0.818. The Labute approximate surface area is 126 Å². The Morgan fingerprint density at radius 3 is 2.40 bits per heavy atom. The average molecular weight is 281 g/mol. The third-order valence-electron chi connectivity index (χ3n) is 5.38. The highest BCUT2D eigenvalue weighted by atomic mass is 16.5. The molecule has 0 aromatic rings. The van der Waals surface area contributed by atoms with Gasteiger partial charge in [-0.25, -0.2) is 0 Å². The maximum Gasteiger partial charge on any atom is 0.0500 e. The summed E-state index contributed by atoms with van der Waals surface area (Å²) in [6, 6.07) is 0. The molecule has 118 valence electrons. The summed E-state index contributed by atoms with van der Waals surface area (Å²) in [7, 11) is 2.25. The lowest BCUT2D eigenvalue weighted by atomic mass is 9.97. The van der Waals surface area contributed by atoms with Gasteiger partial charge < -0.3 is 9.64 Å². The second kappa shape index (κ2) is 8.38. The maximum absolute atomic E-state index is 6.08. The van der Waals surface area contributed by atoms with E-state index in [1.54, 1.807) is 0 Å². The summed E-state index contributed by atoms with van der Waals surface area (Å²) in [5.41, 5.74) is 0. The minimum Gasteiger partial charge on any atom is -0.381 e. The highest BCUT2D eigenvalue weighted by Crippen LogP contribution is 2.51. The number of piperidine rings is 1. The Kier molecular flexibility index (Phi) is 6.83. The molecule has 3 unspecified atom stereocenters. The Morgan fingerprint density at radius 1 is 1.00 bits per heavy atom. The van der Waals surface area contributed by atoms with Crippen molar-refractivity contribution in [1.82, 2.24) is 4.90 Å². The molecule has 1 heterocycles. The van der Waals surface area contributed by atoms with E-state index in [2.05, 4.69) is 25.8 Å². The zero-order valence-corrected chi connectivity index (χ0v) is 13.9. The smallest absolute Gasteiger partial charge is 0.0500 e. The summed E-state index contributed by atoms with van der Waals surface area (Å²) in [5, 5.41) is 0. The van der Waals surface area contributed by atoms with Crippen LogP contribution in [0.25, 0.3) is 0 Å². The fourth-order valence-corrected chi connectivity index (χ4v) is 4.06. The molecule has 2 nitrogen and oxygen atoms in total. The molecular formula is C18H35NO. The molecule has 2 heteroatoms. The number of ether oxygens (including phenoxy) is 1. The third kappa shape index (κ3) is 4.73. The fourth-order valence-electron chi connectivity index (χ4n) is 4.06. The first-order valence-corrected chi connectivity index (χ1v) is 9.02. The zero-order chi connectivity index (χ0) is 14.4. The lowest BCUT2D eigenvalue weighted by Crippen LogP contribution is -2.21. The summed E-state index contributed by atoms with van der Waals surface area (Å²) < 4.78 is 6.08. The number of likely N-dealkylation sites (tertiary alicyclic amines) is 1. The van der Waals surface area contributed by atoms with Crippen molar-refractivity contribution in [3.8, 4) is 0 Å². The number of rotatable bonds is 11. The van der Waals surface area contributed by atoms with Gasteiger partial charge in [0.25, 0.3) is 0 Å². The second-order valence-electron chi connectivity index (χ2n) is 7.25. The molecule has 3 atom stereocenters. The molecular weight excluding hydrogens is 246 g/mol. The number of nitrogens with zero attached hydrogens (tertiary/aromatic N) is 1. The van der Waals surface area contributed by atoms with E-state index < -0.39 is 0 Å². The first kappa shape index (κ1) is 16.3. The van der Waals surface area contributed by atoms with Crippen LogP contribution in [0.4, 0.5) is 0 Å². The van der Waals surface area contributed by atoms with Crippen molar-refractivity contribution >= 4 is 0 Å². The fraction of sp³-hybridized carbons (Fsp3) is 1.00. The molecule has 1 saturated heterocycles. The molecule has 0 bridgehead atoms. The SMILES string of the molecule is CCCCCCC(CCC)COCC1C2CN(C)CC12. The summed E-state index contributed by atoms with van der Waals surface area (Å²) in [5.74, 6) is 3.65. The van der Waals surface area contributed by atoms with Gasteiger partial charge in [0, 0.05) is 19.7 Å². The van der Waals surface area contributed by atoms with E-state index in [9.17, 15) is 0 Å². The molecule has 2 fully saturated rings. The van der Waals surface area contributed by atoms with Crippen LogP contribution < -0.4 is 0 Å². The molecule has 2 rings (SSSR count). The Hall–Kier alpha value is -0.0800. The average Bonchev–Trinajstić information content (AvgIpc) is 2.89. The highest BCUT2D eigenvalue weighted by molar-refractivity contribution is 5.04. The Balaban J connectivity index is 1.53. The van der Waals surface area contributed by atoms with Gasteiger partial charge in [0.1, 0.15) is 0 Å². The van der Waals surface area contributed by atoms with Gasteiger partial charge >= 0.3 is 0 Å². The Bertz CT molecular complexity index is 256. The predicted molar refractivity (Wildman–Crippen MR) is 85.9 cm³/mol. The molecule has 0 N–H and O–H groups in total. The van der Waals surface area contributed by atoms with E-state index in [1.165, 1.54) is 58.0 Å². The van der Waals surface area contributed by atoms with E-state index in [0.717, 1.165) is 36.9 Å². The summed E-state index contributed by atoms with van der Waals surface area (Å²) in [6.45, 7) is 9.28. The topological polar surface area (TPSA) is 12.5 Å². The highest BCUT2D eigenvalue weighted by Gasteiger charge is 2.54. The van der Waals surface area contributed by atoms with Crippen molar-refractivity contribution in [2.45, 2.75) is 58.8 Å². The molecule has 1 aliphatic carbocycles. The first-order chi connectivity index (χ1) is 9.76. The third-order valence-corrected chi connectivity index (χ3v) is 5.38. The largest absolute Gasteiger partial charge is 0.381 e. The molecule has 1 saturated carbocycles. The van der Waals surface area contributed by atoms with Gasteiger partial charge in [0.05, 0.1) is 6.61 Å². The molecule has 0 radical (unpaired) electrons. The predicted octanol–water partition coefficient (Wildman–Crippen LogP) is 4.20. The van der Waals surface area contributed by atoms with Crippen molar-refractivity contribution in [2.75, 3.05) is 33.4 Å². The van der Waals surface area contributed by atoms with E-state index in [-0.39, 0.29) is 0 Å². The van der Waals surface area contributed by atoms with Gasteiger partial charge in [-0.3, -0.25) is 0 Å². The van der Waals surface area contributed by atoms with Crippen LogP contribution in [0.2, 0.25) is 0 Å². The standard InChI is InChI=1S/C18H35NO/c1-4-6-7-8-10-15(9-5-2)13-20-14-18-16-11-19(3)12-17(16)18/h15-18H,4-14H2,1-3H3. The van der Waals surface area contributed by atoms with Crippen LogP contribution in [0.15, 0.2) is 0 Å². The molecule has 0 aromatic carbocycles. The van der Waals surface area contributed by atoms with Crippen molar-refractivity contribution < 1.29 is 4.74 Å². The van der Waals surface area contributed by atoms with Crippen LogP contribution in [0.1, 0.15) is 58.8 Å². The van der Waals surface area contributed by atoms with Gasteiger partial charge in [0.2, 0.25) is 0 Å². The van der Waals surface area contributed by atoms with Crippen LogP contribution in [-0.4, -0.2) is 38.3 Å². The van der Waals surface area contributed by atoms with Crippen LogP contribution in [0, 0.1) is 23.7 Å². The van der Waals surface area contributed by atoms with E-state index in [0.29, 0.717) is 0 Å². The van der Waals surface area contributed by atoms with Gasteiger partial charge in [0.15, 0.2) is 0 Å². The van der Waals surface area contributed by atoms with E-state index >= 15 is 0 Å². The summed E-state index contributed by atoms with van der Waals surface area (Å²) >= 11 is 0. The van der Waals surface area contributed by atoms with E-state index in [4.69, 9.17) is 4.74 Å². The monoisotopic (exact) mass is 281 g/mol. The van der Waals surface area contributed by atoms with Crippen LogP contribution in [-0.2, 0) is 4.74 Å². The number of unbranched alkanes of at least 4 members (excludes halogenated alkanes) is 3. The number of hydrogen-bond acceptors (Lipinski definition) is 2. The molecule has 20 heavy (non-hydrogen) atoms. The quantitative estimate of drug-likeness (QED) is 0.526. The van der Waals surface area contributed by atoms with Crippen molar-refractivity contribution in [3.05, 3.63) is 0 Å². The maximum atomic E-state index is 6.08. The number of fused-ring (bicyclic) bond motifs is 1. The summed E-state index contributed by atoms with van der Waals surface area (Å²) in [4.78, 5) is 2.47. The summed E-state index contributed by atoms with van der Waals surface area (Å²) in [6.07, 6.45) is 9.60. The van der Waals surface area contributed by atoms with Crippen LogP contribution >= 0.6 is 0 Å². The first-order valence-electron chi connectivity index (χ1n) is 9.02. The van der Waals surface area contributed by atoms with Gasteiger partial charge in [-0.1, -0.05) is 46.0 Å². The second-order valence-corrected chi connectivity index (χ2v) is 7.25. The zero-order valence-electron chi connectivity index (χ0n) is 13.9. The molecule has 0 spiro atoms. The van der Waals surface area contributed by atoms with Crippen molar-refractivity contribution in [2.24, 2.45) is 23.7 Å². The number of hydrogen-bond donors (Lipinski definition) is 0. The van der Waals surface area contributed by atoms with E-state index in [1.807, 2.05) is 0 Å². The lowest BCUT2D eigenvalue weighted by molar-refractivity contribution is 0.0752. The van der Waals surface area contributed by atoms with Crippen LogP contribution in [0.5, 0.6) is 0 Å². The molecule has 1 aliphatic heterocycles. The molecule has 0 amide bonds. The van der Waals surface area contributed by atoms with Gasteiger partial charge in [-0.15, -0.1) is 0 Å². The lowest BCUT2D eigenvalue weighted by Gasteiger charge is -2.17. The minimum absolute atomic E-state index is 0.818. The molecule has 2 aliphatic rings. The van der Waals surface area contributed by atoms with Gasteiger partial charge in [-0.2, -0.15) is 0 Å². The van der Waals surface area contributed by atoms with Gasteiger partial charge in [-0.05, 0) is 43.6 Å². The van der Waals surface area contributed by atoms with Crippen LogP contribution in [0.3, 0.4) is 0 Å².